The summed E-state index contributed by atoms with van der Waals surface area (Å²) in [6.45, 7) is 3.11. The smallest absolute Gasteiger partial charge is 0.318 e. The molecule has 1 aliphatic rings. The first-order chi connectivity index (χ1) is 12.2. The summed E-state index contributed by atoms with van der Waals surface area (Å²) in [7, 11) is 0. The van der Waals surface area contributed by atoms with Gasteiger partial charge in [-0.1, -0.05) is 12.1 Å². The minimum Gasteiger partial charge on any atom is -0.487 e. The Morgan fingerprint density at radius 1 is 1.44 bits per heavy atom. The number of hydrogen-bond acceptors (Lipinski definition) is 4. The van der Waals surface area contributed by atoms with Crippen molar-refractivity contribution in [2.45, 2.75) is 25.5 Å². The van der Waals surface area contributed by atoms with Gasteiger partial charge < -0.3 is 15.0 Å². The zero-order valence-corrected chi connectivity index (χ0v) is 14.1. The van der Waals surface area contributed by atoms with Crippen molar-refractivity contribution in [3.8, 4) is 11.8 Å². The first kappa shape index (κ1) is 16.8. The van der Waals surface area contributed by atoms with Crippen LogP contribution in [0.25, 0.3) is 0 Å². The number of amides is 2. The lowest BCUT2D eigenvalue weighted by Crippen LogP contribution is -2.40. The highest BCUT2D eigenvalue weighted by atomic mass is 16.5. The standard InChI is InChI=1S/C19H20N4O2/c1-14(16-5-2-4-15(10-16)11-20)22-19(24)23-9-7-18(13-23)25-17-6-3-8-21-12-17/h2-6,8,10,12,14,18H,7,9,13H2,1H3,(H,22,24)/t14-,18-/m1/s1. The van der Waals surface area contributed by atoms with E-state index in [0.29, 0.717) is 18.7 Å². The van der Waals surface area contributed by atoms with Gasteiger partial charge in [-0.25, -0.2) is 4.79 Å². The first-order valence-corrected chi connectivity index (χ1v) is 8.28. The van der Waals surface area contributed by atoms with Crippen molar-refractivity contribution >= 4 is 6.03 Å². The Kier molecular flexibility index (Phi) is 5.14. The van der Waals surface area contributed by atoms with Crippen LogP contribution in [0.5, 0.6) is 5.75 Å². The van der Waals surface area contributed by atoms with Crippen LogP contribution in [0.3, 0.4) is 0 Å². The lowest BCUT2D eigenvalue weighted by atomic mass is 10.1. The zero-order valence-electron chi connectivity index (χ0n) is 14.1. The van der Waals surface area contributed by atoms with E-state index in [1.807, 2.05) is 31.2 Å². The summed E-state index contributed by atoms with van der Waals surface area (Å²) in [6.07, 6.45) is 4.14. The number of ether oxygens (including phenoxy) is 1. The third kappa shape index (κ3) is 4.27. The van der Waals surface area contributed by atoms with E-state index in [2.05, 4.69) is 16.4 Å². The molecule has 1 N–H and O–H groups in total. The van der Waals surface area contributed by atoms with Gasteiger partial charge in [-0.2, -0.15) is 5.26 Å². The summed E-state index contributed by atoms with van der Waals surface area (Å²) in [4.78, 5) is 18.2. The number of rotatable bonds is 4. The second-order valence-electron chi connectivity index (χ2n) is 6.07. The van der Waals surface area contributed by atoms with Crippen LogP contribution in [0.15, 0.2) is 48.8 Å². The molecule has 1 saturated heterocycles. The Hall–Kier alpha value is -3.07. The molecule has 6 nitrogen and oxygen atoms in total. The molecule has 0 bridgehead atoms. The average Bonchev–Trinajstić information content (AvgIpc) is 3.11. The molecule has 1 aromatic heterocycles. The highest BCUT2D eigenvalue weighted by Gasteiger charge is 2.28. The second-order valence-corrected chi connectivity index (χ2v) is 6.07. The second kappa shape index (κ2) is 7.67. The Bertz CT molecular complexity index is 772. The number of hydrogen-bond donors (Lipinski definition) is 1. The van der Waals surface area contributed by atoms with Gasteiger partial charge in [-0.3, -0.25) is 4.98 Å². The first-order valence-electron chi connectivity index (χ1n) is 8.28. The molecule has 0 unspecified atom stereocenters. The Labute approximate surface area is 147 Å². The lowest BCUT2D eigenvalue weighted by Gasteiger charge is -2.21. The molecular weight excluding hydrogens is 316 g/mol. The summed E-state index contributed by atoms with van der Waals surface area (Å²) < 4.78 is 5.86. The number of nitrogens with zero attached hydrogens (tertiary/aromatic N) is 3. The van der Waals surface area contributed by atoms with Gasteiger partial charge >= 0.3 is 6.03 Å². The quantitative estimate of drug-likeness (QED) is 0.931. The molecule has 0 spiro atoms. The molecule has 2 amide bonds. The van der Waals surface area contributed by atoms with E-state index in [0.717, 1.165) is 17.7 Å². The number of nitrogens with one attached hydrogen (secondary N) is 1. The van der Waals surface area contributed by atoms with Crippen molar-refractivity contribution < 1.29 is 9.53 Å². The van der Waals surface area contributed by atoms with Crippen molar-refractivity contribution in [2.75, 3.05) is 13.1 Å². The van der Waals surface area contributed by atoms with Crippen molar-refractivity contribution in [1.29, 1.82) is 5.26 Å². The molecule has 3 rings (SSSR count). The summed E-state index contributed by atoms with van der Waals surface area (Å²) in [5.41, 5.74) is 1.50. The van der Waals surface area contributed by atoms with Gasteiger partial charge in [0.2, 0.25) is 0 Å². The number of carbonyl (C=O) groups excluding carboxylic acids is 1. The number of urea groups is 1. The van der Waals surface area contributed by atoms with E-state index in [1.54, 1.807) is 29.4 Å². The third-order valence-electron chi connectivity index (χ3n) is 4.23. The molecule has 1 aliphatic heterocycles. The fraction of sp³-hybridized carbons (Fsp3) is 0.316. The van der Waals surface area contributed by atoms with Gasteiger partial charge in [0, 0.05) is 19.2 Å². The highest BCUT2D eigenvalue weighted by molar-refractivity contribution is 5.75. The highest BCUT2D eigenvalue weighted by Crippen LogP contribution is 2.19. The van der Waals surface area contributed by atoms with E-state index in [1.165, 1.54) is 0 Å². The number of aromatic nitrogens is 1. The molecular formula is C19H20N4O2. The van der Waals surface area contributed by atoms with Crippen LogP contribution in [0.1, 0.15) is 30.5 Å². The molecule has 6 heteroatoms. The summed E-state index contributed by atoms with van der Waals surface area (Å²) in [6, 6.07) is 12.8. The Morgan fingerprint density at radius 3 is 3.08 bits per heavy atom. The Balaban J connectivity index is 1.54. The van der Waals surface area contributed by atoms with Gasteiger partial charge in [0.25, 0.3) is 0 Å². The molecule has 0 saturated carbocycles. The topological polar surface area (TPSA) is 78.2 Å². The maximum Gasteiger partial charge on any atom is 0.318 e. The largest absolute Gasteiger partial charge is 0.487 e. The van der Waals surface area contributed by atoms with Gasteiger partial charge in [0.1, 0.15) is 11.9 Å². The summed E-state index contributed by atoms with van der Waals surface area (Å²) >= 11 is 0. The number of nitriles is 1. The van der Waals surface area contributed by atoms with Gasteiger partial charge in [-0.15, -0.1) is 0 Å². The molecule has 0 radical (unpaired) electrons. The molecule has 1 aromatic carbocycles. The van der Waals surface area contributed by atoms with Crippen molar-refractivity contribution in [2.24, 2.45) is 0 Å². The van der Waals surface area contributed by atoms with Crippen LogP contribution in [-0.4, -0.2) is 35.1 Å². The molecule has 2 heterocycles. The third-order valence-corrected chi connectivity index (χ3v) is 4.23. The van der Waals surface area contributed by atoms with Gasteiger partial charge in [0.05, 0.1) is 30.4 Å². The monoisotopic (exact) mass is 336 g/mol. The van der Waals surface area contributed by atoms with E-state index in [4.69, 9.17) is 10.00 Å². The van der Waals surface area contributed by atoms with Crippen LogP contribution in [-0.2, 0) is 0 Å². The molecule has 128 valence electrons. The molecule has 1 fully saturated rings. The van der Waals surface area contributed by atoms with Crippen molar-refractivity contribution in [3.63, 3.8) is 0 Å². The van der Waals surface area contributed by atoms with E-state index < -0.39 is 0 Å². The van der Waals surface area contributed by atoms with Crippen LogP contribution in [0.2, 0.25) is 0 Å². The van der Waals surface area contributed by atoms with E-state index >= 15 is 0 Å². The summed E-state index contributed by atoms with van der Waals surface area (Å²) in [5, 5.41) is 12.0. The summed E-state index contributed by atoms with van der Waals surface area (Å²) in [5.74, 6) is 0.719. The van der Waals surface area contributed by atoms with Crippen LogP contribution >= 0.6 is 0 Å². The van der Waals surface area contributed by atoms with E-state index in [-0.39, 0.29) is 18.2 Å². The minimum atomic E-state index is -0.168. The van der Waals surface area contributed by atoms with Crippen LogP contribution in [0, 0.1) is 11.3 Å². The van der Waals surface area contributed by atoms with Crippen molar-refractivity contribution in [3.05, 3.63) is 59.9 Å². The molecule has 0 aliphatic carbocycles. The number of carbonyl (C=O) groups is 1. The molecule has 2 aromatic rings. The van der Waals surface area contributed by atoms with Gasteiger partial charge in [0.15, 0.2) is 0 Å². The zero-order chi connectivity index (χ0) is 17.6. The van der Waals surface area contributed by atoms with E-state index in [9.17, 15) is 4.79 Å². The number of likely N-dealkylation sites (tertiary alicyclic amines) is 1. The normalized spacial score (nSPS) is 17.6. The predicted octanol–water partition coefficient (Wildman–Crippen LogP) is 2.88. The minimum absolute atomic E-state index is 0.0211. The fourth-order valence-electron chi connectivity index (χ4n) is 2.86. The maximum absolute atomic E-state index is 12.5. The van der Waals surface area contributed by atoms with Crippen LogP contribution < -0.4 is 10.1 Å². The fourth-order valence-corrected chi connectivity index (χ4v) is 2.86. The number of pyridine rings is 1. The average molecular weight is 336 g/mol. The lowest BCUT2D eigenvalue weighted by molar-refractivity contribution is 0.184. The molecule has 25 heavy (non-hydrogen) atoms. The van der Waals surface area contributed by atoms with Crippen LogP contribution in [0.4, 0.5) is 4.79 Å². The predicted molar refractivity (Wildman–Crippen MR) is 92.9 cm³/mol. The maximum atomic E-state index is 12.5. The number of benzene rings is 1. The van der Waals surface area contributed by atoms with Crippen molar-refractivity contribution in [1.82, 2.24) is 15.2 Å². The Morgan fingerprint density at radius 2 is 2.32 bits per heavy atom. The molecule has 2 atom stereocenters. The van der Waals surface area contributed by atoms with Gasteiger partial charge in [-0.05, 0) is 36.8 Å². The SMILES string of the molecule is C[C@@H](NC(=O)N1CC[C@@H](Oc2cccnc2)C1)c1cccc(C#N)c1.